The van der Waals surface area contributed by atoms with Gasteiger partial charge in [0.1, 0.15) is 0 Å². The minimum atomic E-state index is -0.661. The number of hydrogen-bond donors (Lipinski definition) is 3. The Morgan fingerprint density at radius 2 is 0.461 bits per heavy atom. The Bertz CT molecular complexity index is 1310. The molecule has 0 heterocycles. The summed E-state index contributed by atoms with van der Waals surface area (Å²) in [5.41, 5.74) is 0. The highest BCUT2D eigenvalue weighted by atomic mass is 16.5. The maximum atomic E-state index is 12.6. The van der Waals surface area contributed by atoms with E-state index < -0.39 is 12.1 Å². The van der Waals surface area contributed by atoms with Crippen LogP contribution >= 0.6 is 0 Å². The van der Waals surface area contributed by atoms with Crippen molar-refractivity contribution in [2.45, 2.75) is 508 Å². The number of carbonyl (C=O) groups is 2. The highest BCUT2D eigenvalue weighted by Gasteiger charge is 2.20. The molecule has 0 saturated heterocycles. The number of carbonyl (C=O) groups excluding carboxylic acids is 2. The van der Waals surface area contributed by atoms with E-state index in [-0.39, 0.29) is 18.5 Å². The van der Waals surface area contributed by atoms with E-state index in [2.05, 4.69) is 19.2 Å². The van der Waals surface area contributed by atoms with E-state index >= 15 is 0 Å². The Morgan fingerprint density at radius 1 is 0.270 bits per heavy atom. The number of aliphatic hydroxyl groups excluding tert-OH is 2. The summed E-state index contributed by atoms with van der Waals surface area (Å²) in [6.45, 7) is 5.02. The van der Waals surface area contributed by atoms with Crippen LogP contribution in [0, 0.1) is 0 Å². The second-order valence-electron chi connectivity index (χ2n) is 29.2. The smallest absolute Gasteiger partial charge is 0.305 e. The van der Waals surface area contributed by atoms with E-state index in [0.717, 1.165) is 38.5 Å². The summed E-state index contributed by atoms with van der Waals surface area (Å²) in [5.74, 6) is 0.00290. The molecule has 0 aliphatic carbocycles. The van der Waals surface area contributed by atoms with Crippen LogP contribution in [0.2, 0.25) is 0 Å². The lowest BCUT2D eigenvalue weighted by Crippen LogP contribution is -2.45. The van der Waals surface area contributed by atoms with Crippen molar-refractivity contribution >= 4 is 11.9 Å². The first-order valence-corrected chi connectivity index (χ1v) is 41.8. The van der Waals surface area contributed by atoms with Crippen molar-refractivity contribution in [2.75, 3.05) is 13.2 Å². The molecule has 0 aliphatic rings. The molecule has 2 atom stereocenters. The summed E-state index contributed by atoms with van der Waals surface area (Å²) >= 11 is 0. The second-order valence-corrected chi connectivity index (χ2v) is 29.2. The number of ether oxygens (including phenoxy) is 1. The van der Waals surface area contributed by atoms with Gasteiger partial charge in [0.2, 0.25) is 5.91 Å². The number of amides is 1. The second kappa shape index (κ2) is 79.3. The van der Waals surface area contributed by atoms with Gasteiger partial charge in [-0.1, -0.05) is 457 Å². The van der Waals surface area contributed by atoms with Crippen molar-refractivity contribution in [2.24, 2.45) is 0 Å². The minimum absolute atomic E-state index is 0.0228. The first-order valence-electron chi connectivity index (χ1n) is 41.8. The maximum absolute atomic E-state index is 12.6. The molecule has 2 unspecified atom stereocenters. The van der Waals surface area contributed by atoms with Crippen LogP contribution in [0.4, 0.5) is 0 Å². The molecule has 0 aliphatic heterocycles. The molecule has 6 nitrogen and oxygen atoms in total. The predicted octanol–water partition coefficient (Wildman–Crippen LogP) is 27.7. The van der Waals surface area contributed by atoms with Gasteiger partial charge in [0, 0.05) is 12.8 Å². The molecule has 0 saturated carbocycles. The highest BCUT2D eigenvalue weighted by Crippen LogP contribution is 2.21. The van der Waals surface area contributed by atoms with Gasteiger partial charge >= 0.3 is 5.97 Å². The van der Waals surface area contributed by atoms with Crippen LogP contribution < -0.4 is 5.32 Å². The van der Waals surface area contributed by atoms with Crippen LogP contribution in [0.5, 0.6) is 0 Å². The third kappa shape index (κ3) is 75.8. The third-order valence-corrected chi connectivity index (χ3v) is 20.2. The number of hydrogen-bond acceptors (Lipinski definition) is 5. The summed E-state index contributed by atoms with van der Waals surface area (Å²) in [6.07, 6.45) is 99.4. The van der Waals surface area contributed by atoms with Gasteiger partial charge in [0.25, 0.3) is 0 Å². The van der Waals surface area contributed by atoms with Crippen LogP contribution in [-0.4, -0.2) is 47.4 Å². The normalized spacial score (nSPS) is 12.4. The zero-order valence-corrected chi connectivity index (χ0v) is 61.2. The van der Waals surface area contributed by atoms with Gasteiger partial charge in [-0.2, -0.15) is 0 Å². The molecule has 89 heavy (non-hydrogen) atoms. The average molecular weight is 1260 g/mol. The topological polar surface area (TPSA) is 95.9 Å². The lowest BCUT2D eigenvalue weighted by Gasteiger charge is -2.22. The molecule has 0 rings (SSSR count). The molecule has 1 amide bonds. The number of rotatable bonds is 80. The lowest BCUT2D eigenvalue weighted by atomic mass is 10.0. The highest BCUT2D eigenvalue weighted by molar-refractivity contribution is 5.76. The zero-order valence-electron chi connectivity index (χ0n) is 61.2. The fourth-order valence-corrected chi connectivity index (χ4v) is 13.8. The molecule has 0 aromatic heterocycles. The Morgan fingerprint density at radius 3 is 0.685 bits per heavy atom. The first kappa shape index (κ1) is 87.9. The predicted molar refractivity (Wildman–Crippen MR) is 394 cm³/mol. The first-order chi connectivity index (χ1) is 44.0. The fourth-order valence-electron chi connectivity index (χ4n) is 13.8. The lowest BCUT2D eigenvalue weighted by molar-refractivity contribution is -0.143. The van der Waals surface area contributed by atoms with E-state index in [9.17, 15) is 19.8 Å². The summed E-state index contributed by atoms with van der Waals surface area (Å²) < 4.78 is 5.50. The molecule has 3 N–H and O–H groups in total. The van der Waals surface area contributed by atoms with Crippen molar-refractivity contribution in [1.82, 2.24) is 5.32 Å². The van der Waals surface area contributed by atoms with Crippen LogP contribution in [0.15, 0.2) is 0 Å². The number of aliphatic hydroxyl groups is 2. The van der Waals surface area contributed by atoms with Crippen molar-refractivity contribution in [3.8, 4) is 0 Å². The van der Waals surface area contributed by atoms with Gasteiger partial charge in [-0.3, -0.25) is 9.59 Å². The van der Waals surface area contributed by atoms with E-state index in [1.54, 1.807) is 0 Å². The van der Waals surface area contributed by atoms with Crippen molar-refractivity contribution in [3.63, 3.8) is 0 Å². The van der Waals surface area contributed by atoms with E-state index in [0.29, 0.717) is 25.9 Å². The van der Waals surface area contributed by atoms with Crippen LogP contribution in [0.25, 0.3) is 0 Å². The third-order valence-electron chi connectivity index (χ3n) is 20.2. The average Bonchev–Trinajstić information content (AvgIpc) is 3.54. The summed E-state index contributed by atoms with van der Waals surface area (Å²) in [7, 11) is 0. The van der Waals surface area contributed by atoms with Crippen LogP contribution in [-0.2, 0) is 14.3 Å². The van der Waals surface area contributed by atoms with Crippen molar-refractivity contribution < 1.29 is 24.5 Å². The van der Waals surface area contributed by atoms with Crippen LogP contribution in [0.3, 0.4) is 0 Å². The van der Waals surface area contributed by atoms with E-state index in [1.807, 2.05) is 0 Å². The Hall–Kier alpha value is -1.14. The molecule has 0 fully saturated rings. The zero-order chi connectivity index (χ0) is 64.2. The molecule has 0 spiro atoms. The Labute approximate surface area is 559 Å². The van der Waals surface area contributed by atoms with Gasteiger partial charge in [0.05, 0.1) is 25.4 Å². The molecular formula is C83H165NO5. The molecule has 0 radical (unpaired) electrons. The van der Waals surface area contributed by atoms with Gasteiger partial charge in [-0.15, -0.1) is 0 Å². The molecule has 0 aromatic rings. The summed E-state index contributed by atoms with van der Waals surface area (Å²) in [4.78, 5) is 24.6. The number of nitrogens with one attached hydrogen (secondary N) is 1. The van der Waals surface area contributed by atoms with Crippen molar-refractivity contribution in [3.05, 3.63) is 0 Å². The Kier molecular flexibility index (Phi) is 78.3. The number of esters is 1. The Balaban J connectivity index is 3.31. The summed E-state index contributed by atoms with van der Waals surface area (Å²) in [6, 6.07) is -0.538. The maximum Gasteiger partial charge on any atom is 0.305 e. The minimum Gasteiger partial charge on any atom is -0.466 e. The van der Waals surface area contributed by atoms with Gasteiger partial charge in [0.15, 0.2) is 0 Å². The molecular weight excluding hydrogens is 1090 g/mol. The molecule has 0 bridgehead atoms. The fraction of sp³-hybridized carbons (Fsp3) is 0.976. The molecule has 532 valence electrons. The van der Waals surface area contributed by atoms with Gasteiger partial charge in [-0.05, 0) is 25.7 Å². The quantitative estimate of drug-likeness (QED) is 0.0417. The van der Waals surface area contributed by atoms with E-state index in [4.69, 9.17) is 4.74 Å². The summed E-state index contributed by atoms with van der Waals surface area (Å²) in [5, 5.41) is 23.5. The van der Waals surface area contributed by atoms with Crippen LogP contribution in [0.1, 0.15) is 495 Å². The monoisotopic (exact) mass is 1260 g/mol. The molecule has 6 heteroatoms. The number of unbranched alkanes of at least 4 members (excludes halogenated alkanes) is 69. The van der Waals surface area contributed by atoms with E-state index in [1.165, 1.54) is 424 Å². The van der Waals surface area contributed by atoms with Gasteiger partial charge < -0.3 is 20.3 Å². The largest absolute Gasteiger partial charge is 0.466 e. The standard InChI is InChI=1S/C83H165NO5/c1-3-5-7-9-11-13-15-17-18-19-20-21-22-36-39-42-45-48-52-55-59-63-67-71-75-81(86)80(79-85)84-82(87)76-72-68-64-60-56-53-49-46-43-40-37-34-32-30-28-26-24-23-25-27-29-31-33-35-38-41-44-47-50-54-58-62-66-70-74-78-89-83(88)77-73-69-65-61-57-51-16-14-12-10-8-6-4-2/h80-81,85-86H,3-79H2,1-2H3,(H,84,87). The van der Waals surface area contributed by atoms with Gasteiger partial charge in [-0.25, -0.2) is 0 Å². The van der Waals surface area contributed by atoms with Crippen molar-refractivity contribution in [1.29, 1.82) is 0 Å². The molecule has 0 aromatic carbocycles. The SMILES string of the molecule is CCCCCCCCCCCCCCCCCCCCCCCCCCC(O)C(CO)NC(=O)CCCCCCCCCCCCCCCCCCCCCCCCCCCCCCCCCCCCCOC(=O)CCCCCCCCCCCCCCC.